The van der Waals surface area contributed by atoms with Crippen LogP contribution in [0.25, 0.3) is 0 Å². The standard InChI is InChI=1S/C26H29N3O2S/c30-24(27-11-26(31)22-15-10-16-20-14(15)9-17(22)21(20)23(16)26)29-25-28-18-7-6-13(8-19(18)32-25)12-4-2-1-3-5-12/h1-5,13-17,20-23,31H,6-11H2,(H2,27,28,29,30). The Morgan fingerprint density at radius 2 is 1.91 bits per heavy atom. The normalized spacial score (nSPS) is 45.7. The first-order valence-corrected chi connectivity index (χ1v) is 13.2. The van der Waals surface area contributed by atoms with Gasteiger partial charge in [0.1, 0.15) is 0 Å². The summed E-state index contributed by atoms with van der Waals surface area (Å²) in [4.78, 5) is 18.7. The van der Waals surface area contributed by atoms with Crippen LogP contribution in [0.15, 0.2) is 30.3 Å². The number of hydrogen-bond acceptors (Lipinski definition) is 4. The molecule has 0 radical (unpaired) electrons. The number of hydrogen-bond donors (Lipinski definition) is 3. The number of carbonyl (C=O) groups is 1. The second-order valence-electron chi connectivity index (χ2n) is 11.4. The van der Waals surface area contributed by atoms with E-state index in [0.717, 1.165) is 60.5 Å². The van der Waals surface area contributed by atoms with Gasteiger partial charge in [-0.15, -0.1) is 11.3 Å². The van der Waals surface area contributed by atoms with Crippen molar-refractivity contribution < 1.29 is 9.90 Å². The first-order chi connectivity index (χ1) is 15.6. The van der Waals surface area contributed by atoms with Gasteiger partial charge >= 0.3 is 6.03 Å². The van der Waals surface area contributed by atoms with Crippen LogP contribution in [0.3, 0.4) is 0 Å². The van der Waals surface area contributed by atoms with Gasteiger partial charge in [0.2, 0.25) is 0 Å². The van der Waals surface area contributed by atoms with E-state index < -0.39 is 5.60 Å². The predicted molar refractivity (Wildman–Crippen MR) is 122 cm³/mol. The van der Waals surface area contributed by atoms with Crippen molar-refractivity contribution >= 4 is 22.5 Å². The van der Waals surface area contributed by atoms with Crippen molar-refractivity contribution in [3.63, 3.8) is 0 Å². The maximum Gasteiger partial charge on any atom is 0.321 e. The van der Waals surface area contributed by atoms with Gasteiger partial charge in [-0.2, -0.15) is 0 Å². The molecule has 3 N–H and O–H groups in total. The van der Waals surface area contributed by atoms with Gasteiger partial charge in [0.25, 0.3) is 0 Å². The van der Waals surface area contributed by atoms with Crippen LogP contribution in [0.2, 0.25) is 0 Å². The molecule has 5 fully saturated rings. The lowest BCUT2D eigenvalue weighted by atomic mass is 9.56. The molecule has 5 nitrogen and oxygen atoms in total. The Bertz CT molecular complexity index is 1110. The summed E-state index contributed by atoms with van der Waals surface area (Å²) in [5.74, 6) is 6.15. The van der Waals surface area contributed by atoms with Crippen LogP contribution in [0, 0.1) is 47.3 Å². The number of carbonyl (C=O) groups excluding carboxylic acids is 1. The molecule has 0 spiro atoms. The second-order valence-corrected chi connectivity index (χ2v) is 12.5. The lowest BCUT2D eigenvalue weighted by Gasteiger charge is -2.51. The summed E-state index contributed by atoms with van der Waals surface area (Å²) in [7, 11) is 0. The van der Waals surface area contributed by atoms with Crippen LogP contribution in [-0.2, 0) is 12.8 Å². The van der Waals surface area contributed by atoms with Crippen molar-refractivity contribution in [3.8, 4) is 0 Å². The van der Waals surface area contributed by atoms with Gasteiger partial charge in [-0.1, -0.05) is 30.3 Å². The first-order valence-electron chi connectivity index (χ1n) is 12.4. The molecule has 1 aromatic carbocycles. The monoisotopic (exact) mass is 447 g/mol. The molecule has 0 aliphatic heterocycles. The fraction of sp³-hybridized carbons (Fsp3) is 0.615. The molecule has 5 saturated carbocycles. The molecule has 8 rings (SSSR count). The zero-order valence-corrected chi connectivity index (χ0v) is 18.9. The summed E-state index contributed by atoms with van der Waals surface area (Å²) < 4.78 is 0. The van der Waals surface area contributed by atoms with Gasteiger partial charge in [-0.3, -0.25) is 5.32 Å². The molecular formula is C26H29N3O2S. The van der Waals surface area contributed by atoms with Gasteiger partial charge in [0.15, 0.2) is 5.13 Å². The van der Waals surface area contributed by atoms with Crippen molar-refractivity contribution in [2.24, 2.45) is 47.3 Å². The van der Waals surface area contributed by atoms with Gasteiger partial charge < -0.3 is 10.4 Å². The average Bonchev–Trinajstić information content (AvgIpc) is 3.46. The third-order valence-corrected chi connectivity index (χ3v) is 11.5. The minimum Gasteiger partial charge on any atom is -0.387 e. The number of urea groups is 1. The molecule has 6 heteroatoms. The summed E-state index contributed by atoms with van der Waals surface area (Å²) in [5.41, 5.74) is 1.86. The average molecular weight is 448 g/mol. The molecule has 10 atom stereocenters. The van der Waals surface area contributed by atoms with Gasteiger partial charge in [0, 0.05) is 11.4 Å². The van der Waals surface area contributed by atoms with Crippen LogP contribution in [0.5, 0.6) is 0 Å². The van der Waals surface area contributed by atoms with Crippen LogP contribution in [0.4, 0.5) is 9.93 Å². The molecular weight excluding hydrogens is 418 g/mol. The number of nitrogens with one attached hydrogen (secondary N) is 2. The first kappa shape index (κ1) is 18.5. The van der Waals surface area contributed by atoms with Crippen molar-refractivity contribution in [1.29, 1.82) is 0 Å². The summed E-state index contributed by atoms with van der Waals surface area (Å²) >= 11 is 1.61. The summed E-state index contributed by atoms with van der Waals surface area (Å²) in [6.45, 7) is 0.398. The summed E-state index contributed by atoms with van der Waals surface area (Å²) in [6, 6.07) is 10.5. The Balaban J connectivity index is 0.939. The highest BCUT2D eigenvalue weighted by Crippen LogP contribution is 2.85. The van der Waals surface area contributed by atoms with E-state index in [9.17, 15) is 9.90 Å². The molecule has 1 heterocycles. The van der Waals surface area contributed by atoms with E-state index in [1.165, 1.54) is 23.3 Å². The van der Waals surface area contributed by atoms with Crippen LogP contribution in [-0.4, -0.2) is 28.3 Å². The number of anilines is 1. The summed E-state index contributed by atoms with van der Waals surface area (Å²) in [5, 5.41) is 18.4. The maximum atomic E-state index is 12.7. The number of rotatable bonds is 4. The van der Waals surface area contributed by atoms with Crippen molar-refractivity contribution in [3.05, 3.63) is 46.5 Å². The smallest absolute Gasteiger partial charge is 0.321 e. The zero-order chi connectivity index (χ0) is 21.2. The Hall–Kier alpha value is -1.92. The Morgan fingerprint density at radius 1 is 1.09 bits per heavy atom. The number of aryl methyl sites for hydroxylation is 1. The van der Waals surface area contributed by atoms with E-state index in [1.54, 1.807) is 11.3 Å². The quantitative estimate of drug-likeness (QED) is 0.662. The van der Waals surface area contributed by atoms with E-state index in [4.69, 9.17) is 4.98 Å². The molecule has 166 valence electrons. The highest BCUT2D eigenvalue weighted by atomic mass is 32.1. The second kappa shape index (κ2) is 6.15. The number of benzene rings is 1. The highest BCUT2D eigenvalue weighted by Gasteiger charge is 2.84. The molecule has 10 unspecified atom stereocenters. The minimum atomic E-state index is -0.674. The highest BCUT2D eigenvalue weighted by molar-refractivity contribution is 7.15. The number of amides is 2. The van der Waals surface area contributed by atoms with Crippen LogP contribution in [0.1, 0.15) is 41.3 Å². The van der Waals surface area contributed by atoms with E-state index in [1.807, 2.05) is 0 Å². The van der Waals surface area contributed by atoms with Crippen LogP contribution >= 0.6 is 11.3 Å². The number of fused-ring (bicyclic) bond motifs is 3. The molecule has 6 aliphatic carbocycles. The number of thiazole rings is 1. The SMILES string of the molecule is O=C(NCC1(O)C2C3CC4C5C3CC2C5C41)Nc1nc2c(s1)CC(c1ccccc1)CC2. The molecule has 2 bridgehead atoms. The van der Waals surface area contributed by atoms with E-state index in [0.29, 0.717) is 29.4 Å². The number of nitrogens with zero attached hydrogens (tertiary/aromatic N) is 1. The van der Waals surface area contributed by atoms with Crippen molar-refractivity contribution in [2.75, 3.05) is 11.9 Å². The molecule has 2 amide bonds. The Labute approximate surface area is 192 Å². The molecule has 6 aliphatic rings. The topological polar surface area (TPSA) is 74.2 Å². The van der Waals surface area contributed by atoms with Crippen molar-refractivity contribution in [2.45, 2.75) is 43.6 Å². The molecule has 1 aromatic heterocycles. The lowest BCUT2D eigenvalue weighted by molar-refractivity contribution is -0.126. The van der Waals surface area contributed by atoms with Crippen LogP contribution < -0.4 is 10.6 Å². The van der Waals surface area contributed by atoms with E-state index >= 15 is 0 Å². The van der Waals surface area contributed by atoms with Gasteiger partial charge in [-0.05, 0) is 90.9 Å². The Kier molecular flexibility index (Phi) is 3.55. The number of aliphatic hydroxyl groups is 1. The predicted octanol–water partition coefficient (Wildman–Crippen LogP) is 4.05. The Morgan fingerprint density at radius 3 is 2.78 bits per heavy atom. The fourth-order valence-corrected chi connectivity index (χ4v) is 10.8. The van der Waals surface area contributed by atoms with Crippen molar-refractivity contribution in [1.82, 2.24) is 10.3 Å². The third kappa shape index (κ3) is 2.18. The lowest BCUT2D eigenvalue weighted by Crippen LogP contribution is -2.59. The zero-order valence-electron chi connectivity index (χ0n) is 18.0. The largest absolute Gasteiger partial charge is 0.387 e. The molecule has 32 heavy (non-hydrogen) atoms. The summed E-state index contributed by atoms with van der Waals surface area (Å²) in [6.07, 6.45) is 5.76. The van der Waals surface area contributed by atoms with E-state index in [-0.39, 0.29) is 6.03 Å². The molecule has 2 aromatic rings. The number of aromatic nitrogens is 1. The van der Waals surface area contributed by atoms with Gasteiger partial charge in [-0.25, -0.2) is 9.78 Å². The van der Waals surface area contributed by atoms with E-state index in [2.05, 4.69) is 41.0 Å². The van der Waals surface area contributed by atoms with Gasteiger partial charge in [0.05, 0.1) is 11.3 Å². The maximum absolute atomic E-state index is 12.7. The third-order valence-electron chi connectivity index (χ3n) is 10.5. The molecule has 0 saturated heterocycles. The minimum absolute atomic E-state index is 0.220. The fourth-order valence-electron chi connectivity index (χ4n) is 9.76.